The topological polar surface area (TPSA) is 47.6 Å². The van der Waals surface area contributed by atoms with Crippen molar-refractivity contribution >= 4 is 67.8 Å². The minimum Gasteiger partial charge on any atom is -0.490 e. The summed E-state index contributed by atoms with van der Waals surface area (Å²) in [5, 5.41) is 3.25. The molecule has 8 heteroatoms. The van der Waals surface area contributed by atoms with E-state index in [0.717, 1.165) is 15.6 Å². The summed E-state index contributed by atoms with van der Waals surface area (Å²) < 4.78 is 12.9. The molecule has 1 saturated heterocycles. The monoisotopic (exact) mass is 483 g/mol. The maximum Gasteiger partial charge on any atom is 0.263 e. The minimum absolute atomic E-state index is 0.196. The predicted molar refractivity (Wildman–Crippen MR) is 117 cm³/mol. The van der Waals surface area contributed by atoms with E-state index < -0.39 is 0 Å². The summed E-state index contributed by atoms with van der Waals surface area (Å²) >= 11 is 16.0. The van der Waals surface area contributed by atoms with Crippen molar-refractivity contribution in [2.24, 2.45) is 0 Å². The number of amides is 1. The molecule has 2 aromatic carbocycles. The van der Waals surface area contributed by atoms with E-state index in [1.165, 1.54) is 11.8 Å². The normalized spacial score (nSPS) is 15.1. The Balaban J connectivity index is 1.88. The SMILES string of the molecule is CCOc1cc(/C=C2/SC(=S)NC2=O)cc(Br)c1OCc1ccccc1Cl. The lowest BCUT2D eigenvalue weighted by atomic mass is 10.1. The maximum absolute atomic E-state index is 11.9. The number of hydrogen-bond donors (Lipinski definition) is 1. The number of benzene rings is 2. The molecule has 0 aliphatic carbocycles. The second kappa shape index (κ2) is 9.10. The molecule has 1 aliphatic rings. The summed E-state index contributed by atoms with van der Waals surface area (Å²) in [5.41, 5.74) is 1.69. The number of thiocarbonyl (C=S) groups is 1. The van der Waals surface area contributed by atoms with Gasteiger partial charge in [-0.25, -0.2) is 0 Å². The number of ether oxygens (including phenoxy) is 2. The Kier molecular flexibility index (Phi) is 6.81. The fourth-order valence-electron chi connectivity index (χ4n) is 2.41. The van der Waals surface area contributed by atoms with E-state index in [4.69, 9.17) is 33.3 Å². The van der Waals surface area contributed by atoms with Crippen molar-refractivity contribution in [3.63, 3.8) is 0 Å². The lowest BCUT2D eigenvalue weighted by molar-refractivity contribution is -0.115. The molecule has 2 aromatic rings. The van der Waals surface area contributed by atoms with Crippen molar-refractivity contribution < 1.29 is 14.3 Å². The molecule has 0 saturated carbocycles. The van der Waals surface area contributed by atoms with Gasteiger partial charge in [0.25, 0.3) is 5.91 Å². The first-order chi connectivity index (χ1) is 13.0. The van der Waals surface area contributed by atoms with Crippen LogP contribution in [0.2, 0.25) is 5.02 Å². The molecule has 0 atom stereocenters. The maximum atomic E-state index is 11.9. The van der Waals surface area contributed by atoms with Crippen LogP contribution in [-0.4, -0.2) is 16.8 Å². The molecule has 1 aliphatic heterocycles. The number of hydrogen-bond acceptors (Lipinski definition) is 5. The second-order valence-corrected chi connectivity index (χ2v) is 8.48. The van der Waals surface area contributed by atoms with E-state index in [9.17, 15) is 4.79 Å². The Morgan fingerprint density at radius 2 is 2.07 bits per heavy atom. The van der Waals surface area contributed by atoms with Crippen molar-refractivity contribution in [3.05, 3.63) is 61.9 Å². The van der Waals surface area contributed by atoms with E-state index >= 15 is 0 Å². The number of halogens is 2. The molecule has 0 bridgehead atoms. The number of carbonyl (C=O) groups excluding carboxylic acids is 1. The molecule has 3 rings (SSSR count). The standard InChI is InChI=1S/C19H15BrClNO3S2/c1-2-24-15-8-11(9-16-18(23)22-19(26)27-16)7-13(20)17(15)25-10-12-5-3-4-6-14(12)21/h3-9H,2,10H2,1H3,(H,22,23,26)/b16-9+. The zero-order valence-electron chi connectivity index (χ0n) is 14.3. The van der Waals surface area contributed by atoms with Gasteiger partial charge in [0, 0.05) is 10.6 Å². The Morgan fingerprint density at radius 3 is 2.74 bits per heavy atom. The zero-order valence-corrected chi connectivity index (χ0v) is 18.2. The Hall–Kier alpha value is -1.54. The van der Waals surface area contributed by atoms with E-state index in [1.54, 1.807) is 6.08 Å². The molecule has 27 heavy (non-hydrogen) atoms. The van der Waals surface area contributed by atoms with E-state index in [1.807, 2.05) is 43.3 Å². The average molecular weight is 485 g/mol. The van der Waals surface area contributed by atoms with Gasteiger partial charge in [-0.05, 0) is 52.7 Å². The molecule has 1 N–H and O–H groups in total. The van der Waals surface area contributed by atoms with Gasteiger partial charge in [-0.1, -0.05) is 53.8 Å². The summed E-state index contributed by atoms with van der Waals surface area (Å²) in [5.74, 6) is 0.966. The molecule has 0 radical (unpaired) electrons. The van der Waals surface area contributed by atoms with E-state index in [2.05, 4.69) is 21.2 Å². The van der Waals surface area contributed by atoms with Gasteiger partial charge in [0.05, 0.1) is 16.0 Å². The van der Waals surface area contributed by atoms with Crippen LogP contribution in [0.1, 0.15) is 18.1 Å². The fourth-order valence-corrected chi connectivity index (χ4v) is 4.22. The van der Waals surface area contributed by atoms with E-state index in [0.29, 0.717) is 39.0 Å². The van der Waals surface area contributed by atoms with Crippen molar-refractivity contribution in [2.45, 2.75) is 13.5 Å². The van der Waals surface area contributed by atoms with Crippen LogP contribution in [0.3, 0.4) is 0 Å². The largest absolute Gasteiger partial charge is 0.490 e. The van der Waals surface area contributed by atoms with Gasteiger partial charge < -0.3 is 14.8 Å². The molecule has 1 fully saturated rings. The minimum atomic E-state index is -0.196. The predicted octanol–water partition coefficient (Wildman–Crippen LogP) is 5.57. The summed E-state index contributed by atoms with van der Waals surface area (Å²) in [6.45, 7) is 2.69. The van der Waals surface area contributed by atoms with Crippen LogP contribution in [0.5, 0.6) is 11.5 Å². The molecule has 0 spiro atoms. The van der Waals surface area contributed by atoms with Crippen LogP contribution in [0, 0.1) is 0 Å². The third kappa shape index (κ3) is 5.04. The van der Waals surface area contributed by atoms with Crippen LogP contribution in [0.4, 0.5) is 0 Å². The Labute approximate surface area is 180 Å². The third-order valence-electron chi connectivity index (χ3n) is 3.60. The van der Waals surface area contributed by atoms with Gasteiger partial charge >= 0.3 is 0 Å². The quantitative estimate of drug-likeness (QED) is 0.429. The molecular formula is C19H15BrClNO3S2. The Bertz CT molecular complexity index is 933. The van der Waals surface area contributed by atoms with Gasteiger partial charge in [0.2, 0.25) is 0 Å². The van der Waals surface area contributed by atoms with Gasteiger partial charge in [0.1, 0.15) is 10.9 Å². The number of nitrogens with one attached hydrogen (secondary N) is 1. The average Bonchev–Trinajstić information content (AvgIpc) is 2.93. The van der Waals surface area contributed by atoms with Crippen LogP contribution >= 0.6 is 51.5 Å². The molecule has 4 nitrogen and oxygen atoms in total. The van der Waals surface area contributed by atoms with Crippen LogP contribution in [0.15, 0.2) is 45.8 Å². The number of thioether (sulfide) groups is 1. The summed E-state index contributed by atoms with van der Waals surface area (Å²) in [7, 11) is 0. The first-order valence-corrected chi connectivity index (χ1v) is 10.4. The second-order valence-electron chi connectivity index (χ2n) is 5.50. The van der Waals surface area contributed by atoms with Crippen LogP contribution in [-0.2, 0) is 11.4 Å². The Morgan fingerprint density at radius 1 is 1.30 bits per heavy atom. The highest BCUT2D eigenvalue weighted by Gasteiger charge is 2.22. The molecule has 1 amide bonds. The summed E-state index contributed by atoms with van der Waals surface area (Å²) in [4.78, 5) is 12.4. The lowest BCUT2D eigenvalue weighted by Crippen LogP contribution is -2.17. The van der Waals surface area contributed by atoms with Gasteiger partial charge in [-0.15, -0.1) is 0 Å². The van der Waals surface area contributed by atoms with Gasteiger partial charge in [-0.2, -0.15) is 0 Å². The molecule has 1 heterocycles. The smallest absolute Gasteiger partial charge is 0.263 e. The molecular weight excluding hydrogens is 470 g/mol. The molecule has 0 aromatic heterocycles. The highest BCUT2D eigenvalue weighted by molar-refractivity contribution is 9.10. The van der Waals surface area contributed by atoms with Crippen molar-refractivity contribution in [1.82, 2.24) is 5.32 Å². The highest BCUT2D eigenvalue weighted by Crippen LogP contribution is 2.39. The molecule has 0 unspecified atom stereocenters. The van der Waals surface area contributed by atoms with Crippen molar-refractivity contribution in [2.75, 3.05) is 6.61 Å². The third-order valence-corrected chi connectivity index (χ3v) is 5.72. The first kappa shape index (κ1) is 20.2. The summed E-state index contributed by atoms with van der Waals surface area (Å²) in [6.07, 6.45) is 1.77. The number of carbonyl (C=O) groups is 1. The van der Waals surface area contributed by atoms with E-state index in [-0.39, 0.29) is 5.91 Å². The summed E-state index contributed by atoms with van der Waals surface area (Å²) in [6, 6.07) is 11.2. The van der Waals surface area contributed by atoms with Crippen LogP contribution < -0.4 is 14.8 Å². The van der Waals surface area contributed by atoms with Crippen LogP contribution in [0.25, 0.3) is 6.08 Å². The van der Waals surface area contributed by atoms with Gasteiger partial charge in [0.15, 0.2) is 11.5 Å². The number of rotatable bonds is 6. The van der Waals surface area contributed by atoms with Crippen molar-refractivity contribution in [1.29, 1.82) is 0 Å². The first-order valence-electron chi connectivity index (χ1n) is 8.05. The van der Waals surface area contributed by atoms with Gasteiger partial charge in [-0.3, -0.25) is 4.79 Å². The lowest BCUT2D eigenvalue weighted by Gasteiger charge is -2.15. The molecule has 140 valence electrons. The fraction of sp³-hybridized carbons (Fsp3) is 0.158. The zero-order chi connectivity index (χ0) is 19.4. The highest BCUT2D eigenvalue weighted by atomic mass is 79.9. The van der Waals surface area contributed by atoms with Crippen molar-refractivity contribution in [3.8, 4) is 11.5 Å².